The summed E-state index contributed by atoms with van der Waals surface area (Å²) >= 11 is 0. The molecule has 0 bridgehead atoms. The van der Waals surface area contributed by atoms with Gasteiger partial charge in [-0.3, -0.25) is 4.79 Å². The lowest BCUT2D eigenvalue weighted by Crippen LogP contribution is -2.38. The molecule has 1 atom stereocenters. The van der Waals surface area contributed by atoms with E-state index in [-0.39, 0.29) is 11.9 Å². The molecule has 2 rings (SSSR count). The Morgan fingerprint density at radius 1 is 1.53 bits per heavy atom. The van der Waals surface area contributed by atoms with Gasteiger partial charge in [-0.15, -0.1) is 0 Å². The van der Waals surface area contributed by atoms with Crippen molar-refractivity contribution in [3.63, 3.8) is 0 Å². The van der Waals surface area contributed by atoms with Crippen molar-refractivity contribution in [3.05, 3.63) is 29.8 Å². The number of benzene rings is 1. The van der Waals surface area contributed by atoms with E-state index in [0.29, 0.717) is 6.42 Å². The van der Waals surface area contributed by atoms with Crippen LogP contribution >= 0.6 is 0 Å². The van der Waals surface area contributed by atoms with Crippen molar-refractivity contribution in [2.75, 3.05) is 7.11 Å². The zero-order valence-corrected chi connectivity index (χ0v) is 11.3. The van der Waals surface area contributed by atoms with Crippen LogP contribution in [0.5, 0.6) is 5.75 Å². The summed E-state index contributed by atoms with van der Waals surface area (Å²) in [6.07, 6.45) is -0.0604. The Labute approximate surface area is 112 Å². The van der Waals surface area contributed by atoms with Gasteiger partial charge in [0.1, 0.15) is 5.75 Å². The van der Waals surface area contributed by atoms with Crippen molar-refractivity contribution in [1.82, 2.24) is 5.32 Å². The zero-order valence-electron chi connectivity index (χ0n) is 11.3. The number of carbonyl (C=O) groups is 1. The third-order valence-electron chi connectivity index (χ3n) is 2.80. The standard InChI is InChI=1S/C14H18N2O3/c1-9(2)15-14(17)13-8-12(16-19-13)10-5-4-6-11(7-10)18-3/h4-7,9,13H,8H2,1-3H3,(H,15,17)/t13-/m1/s1. The minimum atomic E-state index is -0.538. The number of carbonyl (C=O) groups excluding carboxylic acids is 1. The Morgan fingerprint density at radius 3 is 3.00 bits per heavy atom. The van der Waals surface area contributed by atoms with Crippen LogP contribution in [0.3, 0.4) is 0 Å². The summed E-state index contributed by atoms with van der Waals surface area (Å²) in [5, 5.41) is 6.81. The fourth-order valence-electron chi connectivity index (χ4n) is 1.87. The molecule has 1 aliphatic rings. The minimum Gasteiger partial charge on any atom is -0.497 e. The van der Waals surface area contributed by atoms with Crippen LogP contribution in [0.1, 0.15) is 25.8 Å². The van der Waals surface area contributed by atoms with Crippen LogP contribution in [-0.2, 0) is 9.63 Å². The number of amides is 1. The molecule has 5 nitrogen and oxygen atoms in total. The van der Waals surface area contributed by atoms with Crippen LogP contribution in [0, 0.1) is 0 Å². The first-order chi connectivity index (χ1) is 9.10. The minimum absolute atomic E-state index is 0.0944. The van der Waals surface area contributed by atoms with E-state index in [0.717, 1.165) is 17.0 Å². The number of rotatable bonds is 4. The van der Waals surface area contributed by atoms with Crippen molar-refractivity contribution < 1.29 is 14.4 Å². The van der Waals surface area contributed by atoms with Crippen LogP contribution in [-0.4, -0.2) is 30.9 Å². The highest BCUT2D eigenvalue weighted by atomic mass is 16.6. The molecule has 5 heteroatoms. The molecule has 0 spiro atoms. The van der Waals surface area contributed by atoms with Gasteiger partial charge >= 0.3 is 0 Å². The molecule has 0 fully saturated rings. The van der Waals surface area contributed by atoms with Crippen LogP contribution in [0.2, 0.25) is 0 Å². The molecule has 1 heterocycles. The molecule has 19 heavy (non-hydrogen) atoms. The number of ether oxygens (including phenoxy) is 1. The molecule has 0 aromatic heterocycles. The lowest BCUT2D eigenvalue weighted by Gasteiger charge is -2.11. The van der Waals surface area contributed by atoms with Gasteiger partial charge in [0.2, 0.25) is 6.10 Å². The quantitative estimate of drug-likeness (QED) is 0.898. The van der Waals surface area contributed by atoms with Crippen molar-refractivity contribution in [2.45, 2.75) is 32.4 Å². The second kappa shape index (κ2) is 5.73. The average Bonchev–Trinajstić information content (AvgIpc) is 2.88. The van der Waals surface area contributed by atoms with Crippen molar-refractivity contribution in [2.24, 2.45) is 5.16 Å². The predicted octanol–water partition coefficient (Wildman–Crippen LogP) is 1.71. The lowest BCUT2D eigenvalue weighted by molar-refractivity contribution is -0.131. The first-order valence-corrected chi connectivity index (χ1v) is 6.27. The molecule has 0 saturated heterocycles. The number of nitrogens with zero attached hydrogens (tertiary/aromatic N) is 1. The maximum Gasteiger partial charge on any atom is 0.264 e. The van der Waals surface area contributed by atoms with Gasteiger partial charge in [-0.25, -0.2) is 0 Å². The first-order valence-electron chi connectivity index (χ1n) is 6.27. The van der Waals surface area contributed by atoms with Gasteiger partial charge in [0.05, 0.1) is 12.8 Å². The van der Waals surface area contributed by atoms with Gasteiger partial charge in [0, 0.05) is 18.0 Å². The molecule has 0 aliphatic carbocycles. The summed E-state index contributed by atoms with van der Waals surface area (Å²) in [6.45, 7) is 3.83. The highest BCUT2D eigenvalue weighted by Crippen LogP contribution is 2.20. The SMILES string of the molecule is COc1cccc(C2=NO[C@@H](C(=O)NC(C)C)C2)c1. The molecule has 1 aromatic carbocycles. The molecular weight excluding hydrogens is 244 g/mol. The number of nitrogens with one attached hydrogen (secondary N) is 1. The zero-order chi connectivity index (χ0) is 13.8. The fourth-order valence-corrected chi connectivity index (χ4v) is 1.87. The molecule has 1 amide bonds. The van der Waals surface area contributed by atoms with E-state index in [4.69, 9.17) is 9.57 Å². The maximum atomic E-state index is 11.8. The van der Waals surface area contributed by atoms with Crippen molar-refractivity contribution in [1.29, 1.82) is 0 Å². The summed E-state index contributed by atoms with van der Waals surface area (Å²) in [5.74, 6) is 0.631. The Bertz CT molecular complexity index is 497. The van der Waals surface area contributed by atoms with Crippen LogP contribution in [0.4, 0.5) is 0 Å². The summed E-state index contributed by atoms with van der Waals surface area (Å²) in [6, 6.07) is 7.65. The van der Waals surface area contributed by atoms with Crippen LogP contribution < -0.4 is 10.1 Å². The predicted molar refractivity (Wildman–Crippen MR) is 72.3 cm³/mol. The Morgan fingerprint density at radius 2 is 2.32 bits per heavy atom. The molecule has 0 unspecified atom stereocenters. The largest absolute Gasteiger partial charge is 0.497 e. The van der Waals surface area contributed by atoms with E-state index in [9.17, 15) is 4.79 Å². The van der Waals surface area contributed by atoms with Gasteiger partial charge < -0.3 is 14.9 Å². The summed E-state index contributed by atoms with van der Waals surface area (Å²) < 4.78 is 5.17. The van der Waals surface area contributed by atoms with Crippen molar-refractivity contribution >= 4 is 11.6 Å². The van der Waals surface area contributed by atoms with E-state index in [1.54, 1.807) is 7.11 Å². The number of oxime groups is 1. The van der Waals surface area contributed by atoms with Gasteiger partial charge in [0.25, 0.3) is 5.91 Å². The Balaban J connectivity index is 2.03. The van der Waals surface area contributed by atoms with Gasteiger partial charge in [-0.2, -0.15) is 0 Å². The second-order valence-electron chi connectivity index (χ2n) is 4.73. The topological polar surface area (TPSA) is 59.9 Å². The van der Waals surface area contributed by atoms with E-state index in [1.807, 2.05) is 38.1 Å². The molecule has 1 aromatic rings. The highest BCUT2D eigenvalue weighted by Gasteiger charge is 2.29. The van der Waals surface area contributed by atoms with Crippen molar-refractivity contribution in [3.8, 4) is 5.75 Å². The molecule has 102 valence electrons. The molecule has 1 N–H and O–H groups in total. The van der Waals surface area contributed by atoms with E-state index >= 15 is 0 Å². The van der Waals surface area contributed by atoms with Gasteiger partial charge in [-0.05, 0) is 26.0 Å². The first kappa shape index (κ1) is 13.4. The smallest absolute Gasteiger partial charge is 0.264 e. The monoisotopic (exact) mass is 262 g/mol. The van der Waals surface area contributed by atoms with Crippen LogP contribution in [0.15, 0.2) is 29.4 Å². The van der Waals surface area contributed by atoms with E-state index < -0.39 is 6.10 Å². The molecule has 1 aliphatic heterocycles. The lowest BCUT2D eigenvalue weighted by atomic mass is 10.0. The third kappa shape index (κ3) is 3.24. The van der Waals surface area contributed by atoms with Gasteiger partial charge in [-0.1, -0.05) is 17.3 Å². The van der Waals surface area contributed by atoms with Gasteiger partial charge in [0.15, 0.2) is 0 Å². The molecule has 0 radical (unpaired) electrons. The molecule has 0 saturated carbocycles. The summed E-state index contributed by atoms with van der Waals surface area (Å²) in [7, 11) is 1.62. The van der Waals surface area contributed by atoms with Crippen LogP contribution in [0.25, 0.3) is 0 Å². The highest BCUT2D eigenvalue weighted by molar-refractivity contribution is 6.04. The normalized spacial score (nSPS) is 17.9. The van der Waals surface area contributed by atoms with E-state index in [2.05, 4.69) is 10.5 Å². The number of hydrogen-bond acceptors (Lipinski definition) is 4. The number of hydrogen-bond donors (Lipinski definition) is 1. The molecular formula is C14H18N2O3. The summed E-state index contributed by atoms with van der Waals surface area (Å²) in [4.78, 5) is 17.0. The third-order valence-corrected chi connectivity index (χ3v) is 2.80. The Kier molecular flexibility index (Phi) is 4.04. The average molecular weight is 262 g/mol. The van der Waals surface area contributed by atoms with E-state index in [1.165, 1.54) is 0 Å². The second-order valence-corrected chi connectivity index (χ2v) is 4.73. The maximum absolute atomic E-state index is 11.8. The summed E-state index contributed by atoms with van der Waals surface area (Å²) in [5.41, 5.74) is 1.68. The number of methoxy groups -OCH3 is 1. The fraction of sp³-hybridized carbons (Fsp3) is 0.429. The Hall–Kier alpha value is -2.04.